The van der Waals surface area contributed by atoms with E-state index in [2.05, 4.69) is 65.8 Å². The minimum Gasteiger partial charge on any atom is -0.387 e. The third-order valence-corrected chi connectivity index (χ3v) is 8.60. The van der Waals surface area contributed by atoms with Crippen LogP contribution in [-0.2, 0) is 4.79 Å². The van der Waals surface area contributed by atoms with Gasteiger partial charge in [0.15, 0.2) is 11.6 Å². The number of amides is 1. The van der Waals surface area contributed by atoms with Crippen molar-refractivity contribution in [1.29, 1.82) is 0 Å². The van der Waals surface area contributed by atoms with Gasteiger partial charge in [0, 0.05) is 72.9 Å². The second kappa shape index (κ2) is 14.0. The van der Waals surface area contributed by atoms with Gasteiger partial charge >= 0.3 is 0 Å². The van der Waals surface area contributed by atoms with Gasteiger partial charge in [-0.2, -0.15) is 10.2 Å². The largest absolute Gasteiger partial charge is 0.387 e. The average Bonchev–Trinajstić information content (AvgIpc) is 3.79. The molecule has 1 N–H and O–H groups in total. The molecule has 0 atom stereocenters. The first-order valence-corrected chi connectivity index (χ1v) is 16.4. The number of aryl methyl sites for hydroxylation is 2. The topological polar surface area (TPSA) is 120 Å². The molecule has 0 fully saturated rings. The normalized spacial score (nSPS) is 10.9. The molecule has 252 valence electrons. The van der Waals surface area contributed by atoms with E-state index in [4.69, 9.17) is 0 Å². The number of nitrogens with zero attached hydrogens (tertiary/aromatic N) is 9. The molecule has 8 aromatic rings. The first-order valence-electron chi connectivity index (χ1n) is 16.4. The highest BCUT2D eigenvalue weighted by Crippen LogP contribution is 2.29. The van der Waals surface area contributed by atoms with Gasteiger partial charge in [0.2, 0.25) is 5.91 Å². The summed E-state index contributed by atoms with van der Waals surface area (Å²) in [7, 11) is 3.63. The minimum atomic E-state index is -0.0343. The Balaban J connectivity index is 0.000000160. The smallest absolute Gasteiger partial charge is 0.223 e. The quantitative estimate of drug-likeness (QED) is 0.192. The molecule has 0 saturated carbocycles. The monoisotopic (exact) mass is 672 g/mol. The zero-order chi connectivity index (χ0) is 35.5. The molecule has 0 unspecified atom stereocenters. The molecule has 11 heteroatoms. The molecule has 0 aliphatic rings. The average molecular weight is 673 g/mol. The zero-order valence-electron chi connectivity index (χ0n) is 29.0. The Morgan fingerprint density at radius 2 is 1.16 bits per heavy atom. The van der Waals surface area contributed by atoms with E-state index in [9.17, 15) is 4.79 Å². The van der Waals surface area contributed by atoms with Crippen LogP contribution in [0.4, 0.5) is 11.4 Å². The van der Waals surface area contributed by atoms with Gasteiger partial charge in [-0.25, -0.2) is 19.3 Å². The highest BCUT2D eigenvalue weighted by molar-refractivity contribution is 5.92. The van der Waals surface area contributed by atoms with Crippen LogP contribution in [-0.4, -0.2) is 59.5 Å². The second-order valence-electron chi connectivity index (χ2n) is 12.2. The Bertz CT molecular complexity index is 2520. The number of hydrogen-bond acceptors (Lipinski definition) is 8. The van der Waals surface area contributed by atoms with E-state index in [1.807, 2.05) is 110 Å². The van der Waals surface area contributed by atoms with E-state index in [0.29, 0.717) is 0 Å². The second-order valence-corrected chi connectivity index (χ2v) is 12.2. The lowest BCUT2D eigenvalue weighted by atomic mass is 10.1. The molecule has 0 aliphatic carbocycles. The number of hydrogen-bond donors (Lipinski definition) is 1. The summed E-state index contributed by atoms with van der Waals surface area (Å²) in [5.74, 6) is 1.57. The molecule has 2 aromatic carbocycles. The van der Waals surface area contributed by atoms with Crippen LogP contribution in [0.2, 0.25) is 0 Å². The number of aromatic nitrogens is 8. The van der Waals surface area contributed by atoms with Crippen molar-refractivity contribution in [3.8, 4) is 33.9 Å². The van der Waals surface area contributed by atoms with Crippen molar-refractivity contribution in [2.45, 2.75) is 20.8 Å². The van der Waals surface area contributed by atoms with Crippen molar-refractivity contribution in [2.24, 2.45) is 0 Å². The number of fused-ring (bicyclic) bond motifs is 2. The molecule has 0 radical (unpaired) electrons. The van der Waals surface area contributed by atoms with Crippen molar-refractivity contribution in [3.05, 3.63) is 133 Å². The molecular formula is C40H36N10O. The van der Waals surface area contributed by atoms with Crippen LogP contribution < -0.4 is 10.2 Å². The third-order valence-electron chi connectivity index (χ3n) is 8.60. The number of benzene rings is 2. The molecule has 0 bridgehead atoms. The van der Waals surface area contributed by atoms with Crippen molar-refractivity contribution in [3.63, 3.8) is 0 Å². The first kappa shape index (κ1) is 32.8. The van der Waals surface area contributed by atoms with Gasteiger partial charge in [0.1, 0.15) is 0 Å². The van der Waals surface area contributed by atoms with Crippen molar-refractivity contribution >= 4 is 39.1 Å². The maximum atomic E-state index is 11.6. The molecule has 51 heavy (non-hydrogen) atoms. The Labute approximate surface area is 295 Å². The van der Waals surface area contributed by atoms with Crippen LogP contribution in [0.25, 0.3) is 55.7 Å². The Morgan fingerprint density at radius 3 is 1.67 bits per heavy atom. The third kappa shape index (κ3) is 6.90. The van der Waals surface area contributed by atoms with Gasteiger partial charge in [-0.1, -0.05) is 36.4 Å². The van der Waals surface area contributed by atoms with Crippen LogP contribution in [0.5, 0.6) is 0 Å². The molecular weight excluding hydrogens is 637 g/mol. The van der Waals surface area contributed by atoms with E-state index in [-0.39, 0.29) is 5.91 Å². The van der Waals surface area contributed by atoms with Gasteiger partial charge < -0.3 is 10.2 Å². The molecule has 11 nitrogen and oxygen atoms in total. The standard InChI is InChI=1S/C21H19N5O.C19H17N5/c1-14-5-4-6-21(24-14)26-20-10-16(7-8-17(20)12-23-26)18-9-19(13-22-11-18)25(3)15(2)27;1-13-4-3-5-19(23-13)24-18-9-14(6-7-15(18)11-22-24)16-8-17(20-2)12-21-10-16/h4-13H,1-3H3;3-12,20H,1-2H3. The molecule has 1 amide bonds. The predicted octanol–water partition coefficient (Wildman–Crippen LogP) is 7.61. The zero-order valence-corrected chi connectivity index (χ0v) is 29.0. The SMILES string of the molecule is CC(=O)N(C)c1cncc(-c2ccc3cnn(-c4cccc(C)n4)c3c2)c1.CNc1cncc(-c2ccc3cnn(-c4cccc(C)n4)c3c2)c1. The fourth-order valence-corrected chi connectivity index (χ4v) is 5.74. The number of carbonyl (C=O) groups is 1. The molecule has 0 saturated heterocycles. The van der Waals surface area contributed by atoms with Gasteiger partial charge in [-0.15, -0.1) is 0 Å². The Kier molecular flexibility index (Phi) is 9.00. The van der Waals surface area contributed by atoms with E-state index >= 15 is 0 Å². The number of nitrogens with one attached hydrogen (secondary N) is 1. The summed E-state index contributed by atoms with van der Waals surface area (Å²) in [6.45, 7) is 5.48. The number of rotatable bonds is 6. The first-order chi connectivity index (χ1) is 24.8. The molecule has 6 heterocycles. The van der Waals surface area contributed by atoms with Crippen molar-refractivity contribution in [2.75, 3.05) is 24.3 Å². The van der Waals surface area contributed by atoms with Gasteiger partial charge in [0.05, 0.1) is 41.0 Å². The lowest BCUT2D eigenvalue weighted by Gasteiger charge is -2.15. The van der Waals surface area contributed by atoms with Gasteiger partial charge in [-0.3, -0.25) is 14.8 Å². The number of carbonyl (C=O) groups excluding carboxylic acids is 1. The number of anilines is 2. The van der Waals surface area contributed by atoms with Gasteiger partial charge in [-0.05, 0) is 73.5 Å². The lowest BCUT2D eigenvalue weighted by Crippen LogP contribution is -2.22. The maximum absolute atomic E-state index is 11.6. The van der Waals surface area contributed by atoms with E-state index < -0.39 is 0 Å². The van der Waals surface area contributed by atoms with E-state index in [0.717, 1.165) is 78.5 Å². The summed E-state index contributed by atoms with van der Waals surface area (Å²) in [5.41, 5.74) is 9.76. The number of pyridine rings is 4. The van der Waals surface area contributed by atoms with Crippen LogP contribution in [0.15, 0.2) is 122 Å². The van der Waals surface area contributed by atoms with Gasteiger partial charge in [0.25, 0.3) is 0 Å². The summed E-state index contributed by atoms with van der Waals surface area (Å²) >= 11 is 0. The van der Waals surface area contributed by atoms with Crippen LogP contribution in [0.3, 0.4) is 0 Å². The fraction of sp³-hybridized carbons (Fsp3) is 0.125. The van der Waals surface area contributed by atoms with Crippen molar-refractivity contribution < 1.29 is 4.79 Å². The minimum absolute atomic E-state index is 0.0343. The van der Waals surface area contributed by atoms with Crippen LogP contribution in [0.1, 0.15) is 18.3 Å². The maximum Gasteiger partial charge on any atom is 0.223 e. The van der Waals surface area contributed by atoms with Crippen LogP contribution in [0, 0.1) is 13.8 Å². The lowest BCUT2D eigenvalue weighted by molar-refractivity contribution is -0.116. The summed E-state index contributed by atoms with van der Waals surface area (Å²) < 4.78 is 3.71. The molecule has 8 rings (SSSR count). The van der Waals surface area contributed by atoms with Crippen LogP contribution >= 0.6 is 0 Å². The Morgan fingerprint density at radius 1 is 0.627 bits per heavy atom. The highest BCUT2D eigenvalue weighted by atomic mass is 16.2. The van der Waals surface area contributed by atoms with E-state index in [1.165, 1.54) is 6.92 Å². The highest BCUT2D eigenvalue weighted by Gasteiger charge is 2.12. The summed E-state index contributed by atoms with van der Waals surface area (Å²) in [5, 5.41) is 14.2. The molecule has 0 aliphatic heterocycles. The molecule has 6 aromatic heterocycles. The van der Waals surface area contributed by atoms with Crippen molar-refractivity contribution in [1.82, 2.24) is 39.5 Å². The Hall–Kier alpha value is -6.75. The summed E-state index contributed by atoms with van der Waals surface area (Å²) in [6.07, 6.45) is 10.9. The fourth-order valence-electron chi connectivity index (χ4n) is 5.74. The van der Waals surface area contributed by atoms with E-state index in [1.54, 1.807) is 24.3 Å². The molecule has 0 spiro atoms. The summed E-state index contributed by atoms with van der Waals surface area (Å²) in [6, 6.07) is 28.3. The predicted molar refractivity (Wildman–Crippen MR) is 202 cm³/mol. The summed E-state index contributed by atoms with van der Waals surface area (Å²) in [4.78, 5) is 31.0.